The van der Waals surface area contributed by atoms with Crippen LogP contribution in [0.25, 0.3) is 0 Å². The van der Waals surface area contributed by atoms with Gasteiger partial charge in [0.05, 0.1) is 13.2 Å². The summed E-state index contributed by atoms with van der Waals surface area (Å²) in [7, 11) is 0. The van der Waals surface area contributed by atoms with Gasteiger partial charge in [0.15, 0.2) is 0 Å². The van der Waals surface area contributed by atoms with Crippen LogP contribution in [0, 0.1) is 0 Å². The van der Waals surface area contributed by atoms with E-state index in [0.29, 0.717) is 19.6 Å². The highest BCUT2D eigenvalue weighted by Gasteiger charge is 2.23. The first-order chi connectivity index (χ1) is 5.68. The normalized spacial score (nSPS) is 12.0. The molecule has 74 valence electrons. The van der Waals surface area contributed by atoms with E-state index in [9.17, 15) is 0 Å². The Morgan fingerprint density at radius 1 is 1.00 bits per heavy atom. The van der Waals surface area contributed by atoms with E-state index in [1.165, 1.54) is 0 Å². The first-order valence-electron chi connectivity index (χ1n) is 4.75. The van der Waals surface area contributed by atoms with Crippen LogP contribution in [-0.4, -0.2) is 19.1 Å². The van der Waals surface area contributed by atoms with Crippen molar-refractivity contribution < 1.29 is 9.47 Å². The van der Waals surface area contributed by atoms with Gasteiger partial charge >= 0.3 is 0 Å². The molecule has 0 aromatic heterocycles. The Balaban J connectivity index is 3.70. The monoisotopic (exact) mass is 175 g/mol. The van der Waals surface area contributed by atoms with Gasteiger partial charge in [0.1, 0.15) is 0 Å². The van der Waals surface area contributed by atoms with E-state index in [2.05, 4.69) is 13.8 Å². The minimum Gasteiger partial charge on any atom is -0.338 e. The van der Waals surface area contributed by atoms with Crippen LogP contribution in [-0.2, 0) is 9.47 Å². The maximum Gasteiger partial charge on any atom is 0.224 e. The lowest BCUT2D eigenvalue weighted by atomic mass is 10.3. The number of rotatable bonds is 7. The fourth-order valence-corrected chi connectivity index (χ4v) is 0.795. The number of nitrogens with two attached hydrogens (primary N) is 1. The molecule has 2 N–H and O–H groups in total. The average Bonchev–Trinajstić information content (AvgIpc) is 2.11. The van der Waals surface area contributed by atoms with Gasteiger partial charge in [0, 0.05) is 6.42 Å². The summed E-state index contributed by atoms with van der Waals surface area (Å²) < 4.78 is 10.8. The van der Waals surface area contributed by atoms with Crippen molar-refractivity contribution in [3.8, 4) is 0 Å². The molecule has 0 aliphatic heterocycles. The van der Waals surface area contributed by atoms with E-state index in [4.69, 9.17) is 15.2 Å². The standard InChI is InChI=1S/C9H21NO2/c1-4-7-11-9(10,6-3)12-8-5-2/h4-8,10H2,1-3H3. The molecule has 0 amide bonds. The molecule has 0 aromatic rings. The molecule has 0 saturated carbocycles. The van der Waals surface area contributed by atoms with Gasteiger partial charge in [0.25, 0.3) is 0 Å². The van der Waals surface area contributed by atoms with Crippen molar-refractivity contribution >= 4 is 0 Å². The zero-order valence-corrected chi connectivity index (χ0v) is 8.43. The molecule has 0 spiro atoms. The van der Waals surface area contributed by atoms with Crippen molar-refractivity contribution in [1.82, 2.24) is 0 Å². The van der Waals surface area contributed by atoms with E-state index in [1.54, 1.807) is 0 Å². The first kappa shape index (κ1) is 11.9. The number of hydrogen-bond donors (Lipinski definition) is 1. The third-order valence-electron chi connectivity index (χ3n) is 1.59. The first-order valence-corrected chi connectivity index (χ1v) is 4.75. The van der Waals surface area contributed by atoms with E-state index in [0.717, 1.165) is 12.8 Å². The second-order valence-electron chi connectivity index (χ2n) is 2.86. The second kappa shape index (κ2) is 6.40. The molecule has 0 atom stereocenters. The molecule has 0 radical (unpaired) electrons. The fraction of sp³-hybridized carbons (Fsp3) is 1.00. The summed E-state index contributed by atoms with van der Waals surface area (Å²) in [6.07, 6.45) is 2.62. The lowest BCUT2D eigenvalue weighted by molar-refractivity contribution is -0.235. The van der Waals surface area contributed by atoms with Gasteiger partial charge in [-0.15, -0.1) is 0 Å². The third kappa shape index (κ3) is 4.70. The summed E-state index contributed by atoms with van der Waals surface area (Å²) in [6, 6.07) is 0. The maximum atomic E-state index is 5.82. The van der Waals surface area contributed by atoms with Gasteiger partial charge in [-0.2, -0.15) is 0 Å². The SMILES string of the molecule is CCCOC(N)(CC)OCCC. The Labute approximate surface area is 75.2 Å². The zero-order valence-electron chi connectivity index (χ0n) is 8.43. The highest BCUT2D eigenvalue weighted by molar-refractivity contribution is 4.57. The van der Waals surface area contributed by atoms with Crippen LogP contribution in [0.2, 0.25) is 0 Å². The third-order valence-corrected chi connectivity index (χ3v) is 1.59. The second-order valence-corrected chi connectivity index (χ2v) is 2.86. The number of hydrogen-bond acceptors (Lipinski definition) is 3. The molecule has 0 unspecified atom stereocenters. The maximum absolute atomic E-state index is 5.82. The highest BCUT2D eigenvalue weighted by Crippen LogP contribution is 2.11. The summed E-state index contributed by atoms with van der Waals surface area (Å²) >= 11 is 0. The summed E-state index contributed by atoms with van der Waals surface area (Å²) in [5.74, 6) is -0.855. The Bertz CT molecular complexity index is 98.7. The van der Waals surface area contributed by atoms with Gasteiger partial charge in [-0.3, -0.25) is 5.73 Å². The summed E-state index contributed by atoms with van der Waals surface area (Å²) in [5.41, 5.74) is 5.82. The molecule has 0 fully saturated rings. The van der Waals surface area contributed by atoms with E-state index in [1.807, 2.05) is 6.92 Å². The predicted octanol–water partition coefficient (Wildman–Crippen LogP) is 1.86. The molecule has 0 rings (SSSR count). The minimum atomic E-state index is -0.855. The Hall–Kier alpha value is -0.120. The Kier molecular flexibility index (Phi) is 6.34. The zero-order chi connectivity index (χ0) is 9.45. The van der Waals surface area contributed by atoms with Crippen molar-refractivity contribution in [1.29, 1.82) is 0 Å². The largest absolute Gasteiger partial charge is 0.338 e. The summed E-state index contributed by atoms with van der Waals surface area (Å²) in [5, 5.41) is 0. The summed E-state index contributed by atoms with van der Waals surface area (Å²) in [4.78, 5) is 0. The van der Waals surface area contributed by atoms with Crippen LogP contribution >= 0.6 is 0 Å². The molecular weight excluding hydrogens is 154 g/mol. The molecular formula is C9H21NO2. The molecule has 0 heterocycles. The van der Waals surface area contributed by atoms with Crippen molar-refractivity contribution in [2.45, 2.75) is 45.9 Å². The molecule has 0 aliphatic rings. The average molecular weight is 175 g/mol. The quantitative estimate of drug-likeness (QED) is 0.601. The van der Waals surface area contributed by atoms with E-state index >= 15 is 0 Å². The molecule has 0 saturated heterocycles. The van der Waals surface area contributed by atoms with Crippen LogP contribution in [0.15, 0.2) is 0 Å². The van der Waals surface area contributed by atoms with Gasteiger partial charge in [-0.25, -0.2) is 0 Å². The van der Waals surface area contributed by atoms with Crippen LogP contribution in [0.3, 0.4) is 0 Å². The topological polar surface area (TPSA) is 44.5 Å². The molecule has 3 heteroatoms. The molecule has 0 aliphatic carbocycles. The summed E-state index contributed by atoms with van der Waals surface area (Å²) in [6.45, 7) is 7.39. The minimum absolute atomic E-state index is 0.661. The van der Waals surface area contributed by atoms with Gasteiger partial charge in [-0.05, 0) is 12.8 Å². The lowest BCUT2D eigenvalue weighted by Gasteiger charge is -2.28. The van der Waals surface area contributed by atoms with E-state index in [-0.39, 0.29) is 0 Å². The van der Waals surface area contributed by atoms with Gasteiger partial charge < -0.3 is 9.47 Å². The van der Waals surface area contributed by atoms with Gasteiger partial charge in [-0.1, -0.05) is 20.8 Å². The van der Waals surface area contributed by atoms with Crippen LogP contribution in [0.1, 0.15) is 40.0 Å². The number of ether oxygens (including phenoxy) is 2. The van der Waals surface area contributed by atoms with Crippen molar-refractivity contribution in [2.75, 3.05) is 13.2 Å². The highest BCUT2D eigenvalue weighted by atomic mass is 16.7. The molecule has 12 heavy (non-hydrogen) atoms. The molecule has 3 nitrogen and oxygen atoms in total. The molecule has 0 aromatic carbocycles. The van der Waals surface area contributed by atoms with Crippen molar-refractivity contribution in [3.63, 3.8) is 0 Å². The lowest BCUT2D eigenvalue weighted by Crippen LogP contribution is -2.45. The van der Waals surface area contributed by atoms with Crippen LogP contribution in [0.5, 0.6) is 0 Å². The smallest absolute Gasteiger partial charge is 0.224 e. The van der Waals surface area contributed by atoms with Crippen LogP contribution < -0.4 is 5.73 Å². The van der Waals surface area contributed by atoms with Crippen LogP contribution in [0.4, 0.5) is 0 Å². The van der Waals surface area contributed by atoms with E-state index < -0.39 is 5.91 Å². The van der Waals surface area contributed by atoms with Crippen molar-refractivity contribution in [2.24, 2.45) is 5.73 Å². The predicted molar refractivity (Wildman–Crippen MR) is 49.7 cm³/mol. The Morgan fingerprint density at radius 3 is 1.67 bits per heavy atom. The van der Waals surface area contributed by atoms with Crippen molar-refractivity contribution in [3.05, 3.63) is 0 Å². The fourth-order valence-electron chi connectivity index (χ4n) is 0.795. The Morgan fingerprint density at radius 2 is 1.42 bits per heavy atom. The molecule has 0 bridgehead atoms. The van der Waals surface area contributed by atoms with Gasteiger partial charge in [0.2, 0.25) is 5.91 Å².